The molecule has 7 heteroatoms. The Bertz CT molecular complexity index is 626. The fourth-order valence-corrected chi connectivity index (χ4v) is 7.32. The summed E-state index contributed by atoms with van der Waals surface area (Å²) in [6.45, 7) is 4.38. The number of benzene rings is 1. The summed E-state index contributed by atoms with van der Waals surface area (Å²) < 4.78 is 0.0371. The number of nitro benzene ring substituents is 1. The van der Waals surface area contributed by atoms with Crippen LogP contribution in [0.1, 0.15) is 23.6 Å². The van der Waals surface area contributed by atoms with E-state index in [4.69, 9.17) is 0 Å². The number of nitro groups is 1. The van der Waals surface area contributed by atoms with Crippen molar-refractivity contribution in [3.63, 3.8) is 0 Å². The van der Waals surface area contributed by atoms with Crippen LogP contribution in [0.25, 0.3) is 0 Å². The number of hydrogen-bond donors (Lipinski definition) is 0. The first kappa shape index (κ1) is 15.7. The van der Waals surface area contributed by atoms with Crippen LogP contribution in [-0.2, 0) is 4.08 Å². The number of fused-ring (bicyclic) bond motifs is 2. The maximum absolute atomic E-state index is 11.2. The molecule has 2 aliphatic heterocycles. The summed E-state index contributed by atoms with van der Waals surface area (Å²) in [5.41, 5.74) is 2.76. The molecular weight excluding hydrogens is 330 g/mol. The van der Waals surface area contributed by atoms with Crippen LogP contribution in [0.15, 0.2) is 18.2 Å². The van der Waals surface area contributed by atoms with Crippen LogP contribution in [0.4, 0.5) is 5.69 Å². The van der Waals surface area contributed by atoms with Crippen LogP contribution in [0.3, 0.4) is 0 Å². The summed E-state index contributed by atoms with van der Waals surface area (Å²) in [7, 11) is 2.17. The molecule has 2 fully saturated rings. The smallest absolute Gasteiger partial charge is 0.269 e. The second kappa shape index (κ2) is 5.95. The summed E-state index contributed by atoms with van der Waals surface area (Å²) in [6, 6.07) is 5.96. The van der Waals surface area contributed by atoms with Crippen LogP contribution >= 0.6 is 23.5 Å². The van der Waals surface area contributed by atoms with Gasteiger partial charge >= 0.3 is 0 Å². The van der Waals surface area contributed by atoms with Gasteiger partial charge < -0.3 is 4.90 Å². The molecule has 4 rings (SSSR count). The monoisotopic (exact) mass is 351 g/mol. The van der Waals surface area contributed by atoms with Crippen molar-refractivity contribution in [1.82, 2.24) is 9.80 Å². The third kappa shape index (κ3) is 2.67. The molecular formula is C16H21N3O2S2. The SMILES string of the molecule is CN1CCN(C2CC3(SCCS3)c3cc([N+](=O)[O-])ccc32)CC1. The van der Waals surface area contributed by atoms with Gasteiger partial charge in [-0.2, -0.15) is 0 Å². The van der Waals surface area contributed by atoms with E-state index in [1.807, 2.05) is 35.7 Å². The van der Waals surface area contributed by atoms with Crippen molar-refractivity contribution in [2.45, 2.75) is 16.5 Å². The van der Waals surface area contributed by atoms with Gasteiger partial charge in [0.1, 0.15) is 0 Å². The number of piperazine rings is 1. The van der Waals surface area contributed by atoms with E-state index in [0.717, 1.165) is 44.1 Å². The second-order valence-corrected chi connectivity index (χ2v) is 9.58. The highest BCUT2D eigenvalue weighted by Crippen LogP contribution is 2.63. The zero-order valence-corrected chi connectivity index (χ0v) is 14.9. The number of non-ortho nitro benzene ring substituents is 1. The largest absolute Gasteiger partial charge is 0.304 e. The topological polar surface area (TPSA) is 49.6 Å². The van der Waals surface area contributed by atoms with Gasteiger partial charge in [-0.15, -0.1) is 23.5 Å². The van der Waals surface area contributed by atoms with Crippen LogP contribution in [-0.4, -0.2) is 59.5 Å². The van der Waals surface area contributed by atoms with Crippen LogP contribution in [0.2, 0.25) is 0 Å². The molecule has 1 atom stereocenters. The zero-order valence-electron chi connectivity index (χ0n) is 13.2. The van der Waals surface area contributed by atoms with Crippen molar-refractivity contribution in [2.75, 3.05) is 44.7 Å². The maximum atomic E-state index is 11.2. The molecule has 0 aromatic heterocycles. The normalized spacial score (nSPS) is 27.4. The minimum atomic E-state index is -0.262. The second-order valence-electron chi connectivity index (χ2n) is 6.54. The molecule has 2 saturated heterocycles. The molecule has 0 amide bonds. The highest BCUT2D eigenvalue weighted by atomic mass is 32.2. The molecule has 1 unspecified atom stereocenters. The first-order valence-electron chi connectivity index (χ1n) is 8.08. The lowest BCUT2D eigenvalue weighted by molar-refractivity contribution is -0.384. The van der Waals surface area contributed by atoms with Gasteiger partial charge in [0.25, 0.3) is 5.69 Å². The first-order valence-corrected chi connectivity index (χ1v) is 10.1. The third-order valence-electron chi connectivity index (χ3n) is 5.21. The van der Waals surface area contributed by atoms with Gasteiger partial charge in [-0.25, -0.2) is 0 Å². The quantitative estimate of drug-likeness (QED) is 0.603. The van der Waals surface area contributed by atoms with E-state index in [-0.39, 0.29) is 14.7 Å². The van der Waals surface area contributed by atoms with Gasteiger partial charge in [0.15, 0.2) is 0 Å². The lowest BCUT2D eigenvalue weighted by atomic mass is 10.1. The number of rotatable bonds is 2. The Labute approximate surface area is 144 Å². The number of thioether (sulfide) groups is 2. The molecule has 0 bridgehead atoms. The number of likely N-dealkylation sites (N-methyl/N-ethyl adjacent to an activating group) is 1. The zero-order chi connectivity index (χ0) is 16.0. The van der Waals surface area contributed by atoms with Gasteiger partial charge in [0.2, 0.25) is 0 Å². The average Bonchev–Trinajstić information content (AvgIpc) is 3.14. The van der Waals surface area contributed by atoms with E-state index in [1.54, 1.807) is 6.07 Å². The fourth-order valence-electron chi connectivity index (χ4n) is 3.94. The summed E-state index contributed by atoms with van der Waals surface area (Å²) in [5, 5.41) is 11.2. The van der Waals surface area contributed by atoms with E-state index in [0.29, 0.717) is 6.04 Å². The van der Waals surface area contributed by atoms with Crippen LogP contribution < -0.4 is 0 Å². The maximum Gasteiger partial charge on any atom is 0.269 e. The Morgan fingerprint density at radius 2 is 1.91 bits per heavy atom. The first-order chi connectivity index (χ1) is 11.1. The molecule has 1 aliphatic carbocycles. The fraction of sp³-hybridized carbons (Fsp3) is 0.625. The molecule has 0 saturated carbocycles. The van der Waals surface area contributed by atoms with Gasteiger partial charge in [-0.05, 0) is 24.6 Å². The summed E-state index contributed by atoms with van der Waals surface area (Å²) >= 11 is 3.97. The number of hydrogen-bond acceptors (Lipinski definition) is 6. The lowest BCUT2D eigenvalue weighted by Gasteiger charge is -2.37. The molecule has 124 valence electrons. The molecule has 3 aliphatic rings. The van der Waals surface area contributed by atoms with E-state index >= 15 is 0 Å². The van der Waals surface area contributed by atoms with Crippen molar-refractivity contribution in [3.05, 3.63) is 39.4 Å². The Morgan fingerprint density at radius 3 is 2.57 bits per heavy atom. The van der Waals surface area contributed by atoms with Crippen molar-refractivity contribution in [2.24, 2.45) is 0 Å². The molecule has 1 aromatic rings. The van der Waals surface area contributed by atoms with Crippen molar-refractivity contribution in [1.29, 1.82) is 0 Å². The Morgan fingerprint density at radius 1 is 1.22 bits per heavy atom. The molecule has 0 radical (unpaired) electrons. The molecule has 5 nitrogen and oxygen atoms in total. The number of nitrogens with zero attached hydrogens (tertiary/aromatic N) is 3. The predicted molar refractivity (Wildman–Crippen MR) is 96.1 cm³/mol. The third-order valence-corrected chi connectivity index (χ3v) is 8.70. The Hall–Kier alpha value is -0.760. The summed E-state index contributed by atoms with van der Waals surface area (Å²) in [6.07, 6.45) is 1.09. The molecule has 2 heterocycles. The molecule has 1 aromatic carbocycles. The highest BCUT2D eigenvalue weighted by Gasteiger charge is 2.49. The lowest BCUT2D eigenvalue weighted by Crippen LogP contribution is -2.45. The standard InChI is InChI=1S/C16H21N3O2S2/c1-17-4-6-18(7-5-17)15-11-16(22-8-9-23-16)14-10-12(19(20)21)2-3-13(14)15/h2-3,10,15H,4-9,11H2,1H3. The summed E-state index contributed by atoms with van der Waals surface area (Å²) in [5.74, 6) is 2.28. The van der Waals surface area contributed by atoms with E-state index in [1.165, 1.54) is 11.1 Å². The van der Waals surface area contributed by atoms with Crippen LogP contribution in [0.5, 0.6) is 0 Å². The minimum Gasteiger partial charge on any atom is -0.304 e. The van der Waals surface area contributed by atoms with E-state index in [9.17, 15) is 10.1 Å². The van der Waals surface area contributed by atoms with Crippen molar-refractivity contribution >= 4 is 29.2 Å². The van der Waals surface area contributed by atoms with E-state index < -0.39 is 0 Å². The predicted octanol–water partition coefficient (Wildman–Crippen LogP) is 2.92. The average molecular weight is 351 g/mol. The molecule has 1 spiro atoms. The van der Waals surface area contributed by atoms with Gasteiger partial charge in [-0.3, -0.25) is 15.0 Å². The van der Waals surface area contributed by atoms with Gasteiger partial charge in [-0.1, -0.05) is 6.07 Å². The Balaban J connectivity index is 1.71. The van der Waals surface area contributed by atoms with Crippen LogP contribution in [0, 0.1) is 10.1 Å². The van der Waals surface area contributed by atoms with Gasteiger partial charge in [0.05, 0.1) is 9.00 Å². The highest BCUT2D eigenvalue weighted by molar-refractivity contribution is 8.20. The molecule has 0 N–H and O–H groups in total. The van der Waals surface area contributed by atoms with Crippen molar-refractivity contribution < 1.29 is 4.92 Å². The Kier molecular flexibility index (Phi) is 4.07. The van der Waals surface area contributed by atoms with Gasteiger partial charge in [0, 0.05) is 55.9 Å². The van der Waals surface area contributed by atoms with E-state index in [2.05, 4.69) is 16.8 Å². The molecule has 23 heavy (non-hydrogen) atoms. The van der Waals surface area contributed by atoms with Crippen molar-refractivity contribution in [3.8, 4) is 0 Å². The summed E-state index contributed by atoms with van der Waals surface area (Å²) in [4.78, 5) is 15.9. The minimum absolute atomic E-state index is 0.0371.